The number of carbonyl (C=O) groups excluding carboxylic acids is 1. The molecule has 2 N–H and O–H groups in total. The maximum Gasteiger partial charge on any atom is 0.310 e. The van der Waals surface area contributed by atoms with E-state index >= 15 is 0 Å². The third-order valence-electron chi connectivity index (χ3n) is 5.86. The van der Waals surface area contributed by atoms with Gasteiger partial charge >= 0.3 is 5.97 Å². The van der Waals surface area contributed by atoms with E-state index in [0.717, 1.165) is 49.0 Å². The second-order valence-corrected chi connectivity index (χ2v) is 9.52. The molecule has 4 rings (SSSR count). The number of hydrogen-bond donors (Lipinski definition) is 1. The molecule has 4 aromatic rings. The van der Waals surface area contributed by atoms with E-state index in [1.165, 1.54) is 0 Å². The van der Waals surface area contributed by atoms with Crippen LogP contribution >= 0.6 is 15.9 Å². The summed E-state index contributed by atoms with van der Waals surface area (Å²) in [6.07, 6.45) is -0.192. The van der Waals surface area contributed by atoms with Crippen LogP contribution in [0.5, 0.6) is 5.75 Å². The molecule has 0 spiro atoms. The van der Waals surface area contributed by atoms with Crippen molar-refractivity contribution in [2.75, 3.05) is 13.7 Å². The topological polar surface area (TPSA) is 83.9 Å². The van der Waals surface area contributed by atoms with E-state index in [1.54, 1.807) is 14.0 Å². The summed E-state index contributed by atoms with van der Waals surface area (Å²) < 4.78 is 23.7. The molecular weight excluding hydrogens is 522 g/mol. The number of para-hydroxylation sites is 1. The summed E-state index contributed by atoms with van der Waals surface area (Å²) in [5.74, 6) is 1.13. The van der Waals surface area contributed by atoms with Crippen LogP contribution < -0.4 is 10.5 Å². The van der Waals surface area contributed by atoms with Gasteiger partial charge in [-0.05, 0) is 70.7 Å². The van der Waals surface area contributed by atoms with E-state index in [0.29, 0.717) is 25.5 Å². The van der Waals surface area contributed by atoms with Crippen LogP contribution in [0.2, 0.25) is 0 Å². The number of esters is 1. The lowest BCUT2D eigenvalue weighted by molar-refractivity contribution is -0.149. The van der Waals surface area contributed by atoms with Gasteiger partial charge in [0.25, 0.3) is 0 Å². The van der Waals surface area contributed by atoms with E-state index in [-0.39, 0.29) is 18.5 Å². The molecule has 0 saturated carbocycles. The number of furan rings is 1. The minimum absolute atomic E-state index is 0.118. The number of halogens is 1. The average molecular weight is 552 g/mol. The summed E-state index contributed by atoms with van der Waals surface area (Å²) in [4.78, 5) is 12.4. The normalized spacial score (nSPS) is 12.0. The van der Waals surface area contributed by atoms with Crippen LogP contribution in [0.25, 0.3) is 22.1 Å². The second kappa shape index (κ2) is 11.7. The van der Waals surface area contributed by atoms with Crippen LogP contribution in [0.3, 0.4) is 0 Å². The Kier molecular flexibility index (Phi) is 8.46. The number of ether oxygens (including phenoxy) is 3. The van der Waals surface area contributed by atoms with Crippen molar-refractivity contribution in [1.29, 1.82) is 0 Å². The number of aryl methyl sites for hydroxylation is 1. The van der Waals surface area contributed by atoms with Gasteiger partial charge in [-0.15, -0.1) is 0 Å². The van der Waals surface area contributed by atoms with Crippen molar-refractivity contribution >= 4 is 32.9 Å². The molecule has 1 unspecified atom stereocenters. The molecule has 36 heavy (non-hydrogen) atoms. The Morgan fingerprint density at radius 2 is 1.89 bits per heavy atom. The molecule has 1 heterocycles. The van der Waals surface area contributed by atoms with Gasteiger partial charge in [-0.2, -0.15) is 0 Å². The molecule has 1 atom stereocenters. The first-order valence-corrected chi connectivity index (χ1v) is 12.6. The first-order chi connectivity index (χ1) is 17.4. The maximum atomic E-state index is 12.4. The summed E-state index contributed by atoms with van der Waals surface area (Å²) in [6, 6.07) is 19.8. The minimum Gasteiger partial charge on any atom is -0.489 e. The lowest BCUT2D eigenvalue weighted by Crippen LogP contribution is -2.21. The number of rotatable bonds is 10. The predicted octanol–water partition coefficient (Wildman–Crippen LogP) is 6.33. The van der Waals surface area contributed by atoms with Gasteiger partial charge in [0, 0.05) is 30.2 Å². The molecule has 1 aromatic heterocycles. The fourth-order valence-corrected chi connectivity index (χ4v) is 4.53. The summed E-state index contributed by atoms with van der Waals surface area (Å²) in [5, 5.41) is 0.978. The number of carbonyl (C=O) groups is 1. The van der Waals surface area contributed by atoms with Gasteiger partial charge in [0.2, 0.25) is 0 Å². The number of hydrogen-bond acceptors (Lipinski definition) is 6. The van der Waals surface area contributed by atoms with Crippen LogP contribution in [0.1, 0.15) is 29.4 Å². The highest BCUT2D eigenvalue weighted by Crippen LogP contribution is 2.38. The van der Waals surface area contributed by atoms with Crippen molar-refractivity contribution in [3.05, 3.63) is 87.6 Å². The zero-order valence-electron chi connectivity index (χ0n) is 20.7. The lowest BCUT2D eigenvalue weighted by Gasteiger charge is -2.15. The number of nitrogens with two attached hydrogens (primary N) is 1. The van der Waals surface area contributed by atoms with E-state index < -0.39 is 0 Å². The molecule has 0 aliphatic rings. The fourth-order valence-electron chi connectivity index (χ4n) is 4.15. The fraction of sp³-hybridized carbons (Fsp3) is 0.276. The zero-order valence-corrected chi connectivity index (χ0v) is 22.3. The Hall–Kier alpha value is -3.13. The third-order valence-corrected chi connectivity index (χ3v) is 6.84. The SMILES string of the molecule is COCC(C)OC(=O)Cc1ccccc1OCc1cc(-c2cccc(CN)c2)c2oc(C)c(Br)c2c1. The van der Waals surface area contributed by atoms with Gasteiger partial charge < -0.3 is 24.4 Å². The summed E-state index contributed by atoms with van der Waals surface area (Å²) in [6.45, 7) is 4.87. The smallest absolute Gasteiger partial charge is 0.310 e. The highest BCUT2D eigenvalue weighted by Gasteiger charge is 2.17. The molecule has 0 fully saturated rings. The molecular formula is C29H30BrNO5. The summed E-state index contributed by atoms with van der Waals surface area (Å²) in [7, 11) is 1.58. The Balaban J connectivity index is 1.61. The zero-order chi connectivity index (χ0) is 25.7. The molecule has 188 valence electrons. The van der Waals surface area contributed by atoms with E-state index in [1.807, 2.05) is 43.3 Å². The molecule has 3 aromatic carbocycles. The molecule has 6 nitrogen and oxygen atoms in total. The summed E-state index contributed by atoms with van der Waals surface area (Å²) >= 11 is 3.67. The molecule has 0 aliphatic heterocycles. The molecule has 0 bridgehead atoms. The van der Waals surface area contributed by atoms with Crippen molar-refractivity contribution in [2.24, 2.45) is 5.73 Å². The Bertz CT molecular complexity index is 1360. The second-order valence-electron chi connectivity index (χ2n) is 8.73. The largest absolute Gasteiger partial charge is 0.489 e. The van der Waals surface area contributed by atoms with E-state index in [4.69, 9.17) is 24.4 Å². The lowest BCUT2D eigenvalue weighted by atomic mass is 9.99. The minimum atomic E-state index is -0.322. The molecule has 0 saturated heterocycles. The molecule has 0 amide bonds. The average Bonchev–Trinajstić information content (AvgIpc) is 3.16. The quantitative estimate of drug-likeness (QED) is 0.232. The van der Waals surface area contributed by atoms with Gasteiger partial charge in [-0.25, -0.2) is 0 Å². The predicted molar refractivity (Wildman–Crippen MR) is 144 cm³/mol. The Labute approximate surface area is 219 Å². The van der Waals surface area contributed by atoms with Gasteiger partial charge in [-0.3, -0.25) is 4.79 Å². The van der Waals surface area contributed by atoms with Gasteiger partial charge in [0.05, 0.1) is 17.5 Å². The first kappa shape index (κ1) is 25.9. The van der Waals surface area contributed by atoms with Crippen molar-refractivity contribution in [3.63, 3.8) is 0 Å². The van der Waals surface area contributed by atoms with Crippen molar-refractivity contribution in [2.45, 2.75) is 39.5 Å². The maximum absolute atomic E-state index is 12.4. The first-order valence-electron chi connectivity index (χ1n) is 11.8. The van der Waals surface area contributed by atoms with Gasteiger partial charge in [0.15, 0.2) is 0 Å². The van der Waals surface area contributed by atoms with Crippen LogP contribution in [0, 0.1) is 6.92 Å². The van der Waals surface area contributed by atoms with Gasteiger partial charge in [0.1, 0.15) is 29.8 Å². The Morgan fingerprint density at radius 1 is 1.08 bits per heavy atom. The number of benzene rings is 3. The van der Waals surface area contributed by atoms with Crippen LogP contribution in [-0.2, 0) is 33.8 Å². The van der Waals surface area contributed by atoms with Crippen molar-refractivity contribution in [1.82, 2.24) is 0 Å². The third kappa shape index (κ3) is 5.98. The highest BCUT2D eigenvalue weighted by atomic mass is 79.9. The van der Waals surface area contributed by atoms with Crippen LogP contribution in [-0.4, -0.2) is 25.8 Å². The number of methoxy groups -OCH3 is 1. The van der Waals surface area contributed by atoms with Crippen LogP contribution in [0.15, 0.2) is 69.6 Å². The van der Waals surface area contributed by atoms with Crippen LogP contribution in [0.4, 0.5) is 0 Å². The monoisotopic (exact) mass is 551 g/mol. The highest BCUT2D eigenvalue weighted by molar-refractivity contribution is 9.10. The summed E-state index contributed by atoms with van der Waals surface area (Å²) in [5.41, 5.74) is 11.5. The Morgan fingerprint density at radius 3 is 2.67 bits per heavy atom. The van der Waals surface area contributed by atoms with E-state index in [9.17, 15) is 4.79 Å². The van der Waals surface area contributed by atoms with Crippen molar-refractivity contribution < 1.29 is 23.4 Å². The van der Waals surface area contributed by atoms with Crippen molar-refractivity contribution in [3.8, 4) is 16.9 Å². The molecule has 0 aliphatic carbocycles. The molecule has 7 heteroatoms. The van der Waals surface area contributed by atoms with Gasteiger partial charge in [-0.1, -0.05) is 36.4 Å². The number of fused-ring (bicyclic) bond motifs is 1. The van der Waals surface area contributed by atoms with E-state index in [2.05, 4.69) is 40.2 Å². The molecule has 0 radical (unpaired) electrons. The standard InChI is InChI=1S/C29H30BrNO5/c1-18(16-33-3)35-27(32)14-23-8-4-5-10-26(23)34-17-21-12-24(22-9-6-7-20(11-22)15-31)29-25(13-21)28(30)19(2)36-29/h4-13,18H,14-17,31H2,1-3H3.